The molecular weight excluding hydrogens is 488 g/mol. The van der Waals surface area contributed by atoms with Crippen molar-refractivity contribution in [2.24, 2.45) is 5.41 Å². The maximum Gasteiger partial charge on any atom is 0.152 e. The van der Waals surface area contributed by atoms with Crippen molar-refractivity contribution in [3.8, 4) is 11.5 Å². The highest BCUT2D eigenvalue weighted by Gasteiger charge is 2.48. The molecule has 0 N–H and O–H groups in total. The molecule has 0 saturated carbocycles. The Labute approximate surface area is 181 Å². The Morgan fingerprint density at radius 2 is 1.50 bits per heavy atom. The molecule has 2 aromatic carbocycles. The third kappa shape index (κ3) is 3.59. The van der Waals surface area contributed by atoms with Gasteiger partial charge in [0, 0.05) is 40.5 Å². The van der Waals surface area contributed by atoms with E-state index in [9.17, 15) is 0 Å². The van der Waals surface area contributed by atoms with Crippen molar-refractivity contribution < 1.29 is 14.2 Å². The number of hydrogen-bond acceptors (Lipinski definition) is 5. The lowest BCUT2D eigenvalue weighted by atomic mass is 9.78. The van der Waals surface area contributed by atoms with E-state index in [1.807, 2.05) is 24.3 Å². The smallest absolute Gasteiger partial charge is 0.152 e. The summed E-state index contributed by atoms with van der Waals surface area (Å²) in [5.41, 5.74) is 2.61. The van der Waals surface area contributed by atoms with E-state index in [1.54, 1.807) is 0 Å². The van der Waals surface area contributed by atoms with Crippen LogP contribution in [0, 0.1) is 5.41 Å². The molecule has 3 aliphatic heterocycles. The first-order valence-corrected chi connectivity index (χ1v) is 11.1. The summed E-state index contributed by atoms with van der Waals surface area (Å²) in [5.74, 6) is 1.71. The van der Waals surface area contributed by atoms with Gasteiger partial charge in [0.2, 0.25) is 0 Å². The highest BCUT2D eigenvalue weighted by molar-refractivity contribution is 9.10. The van der Waals surface area contributed by atoms with Crippen molar-refractivity contribution in [1.82, 2.24) is 4.90 Å². The van der Waals surface area contributed by atoms with E-state index in [-0.39, 0.29) is 0 Å². The lowest BCUT2D eigenvalue weighted by Gasteiger charge is -2.55. The van der Waals surface area contributed by atoms with E-state index < -0.39 is 0 Å². The Morgan fingerprint density at radius 1 is 0.893 bits per heavy atom. The molecule has 2 fully saturated rings. The number of nitrogens with zero attached hydrogens (tertiary/aromatic N) is 2. The molecule has 3 aliphatic rings. The van der Waals surface area contributed by atoms with Crippen LogP contribution in [0.5, 0.6) is 11.5 Å². The number of benzene rings is 2. The zero-order valence-electron chi connectivity index (χ0n) is 15.5. The van der Waals surface area contributed by atoms with Gasteiger partial charge in [-0.2, -0.15) is 0 Å². The molecule has 2 aromatic rings. The van der Waals surface area contributed by atoms with Gasteiger partial charge in [-0.25, -0.2) is 0 Å². The summed E-state index contributed by atoms with van der Waals surface area (Å²) >= 11 is 7.07. The van der Waals surface area contributed by atoms with Gasteiger partial charge in [-0.3, -0.25) is 4.90 Å². The number of anilines is 2. The second kappa shape index (κ2) is 7.61. The molecule has 28 heavy (non-hydrogen) atoms. The van der Waals surface area contributed by atoms with Crippen LogP contribution >= 0.6 is 31.9 Å². The average Bonchev–Trinajstić information content (AvgIpc) is 2.60. The highest BCUT2D eigenvalue weighted by atomic mass is 79.9. The Morgan fingerprint density at radius 3 is 2.07 bits per heavy atom. The summed E-state index contributed by atoms with van der Waals surface area (Å²) in [7, 11) is 0. The topological polar surface area (TPSA) is 34.2 Å². The lowest BCUT2D eigenvalue weighted by Crippen LogP contribution is -2.66. The quantitative estimate of drug-likeness (QED) is 0.522. The van der Waals surface area contributed by atoms with Gasteiger partial charge in [-0.1, -0.05) is 31.9 Å². The summed E-state index contributed by atoms with van der Waals surface area (Å²) in [5, 5.41) is 0. The maximum atomic E-state index is 6.13. The maximum absolute atomic E-state index is 6.13. The van der Waals surface area contributed by atoms with E-state index in [0.29, 0.717) is 12.0 Å². The summed E-state index contributed by atoms with van der Waals surface area (Å²) < 4.78 is 19.4. The molecule has 5 rings (SSSR count). The van der Waals surface area contributed by atoms with Crippen molar-refractivity contribution in [3.63, 3.8) is 0 Å². The van der Waals surface area contributed by atoms with Gasteiger partial charge >= 0.3 is 0 Å². The van der Waals surface area contributed by atoms with Crippen molar-refractivity contribution >= 4 is 43.2 Å². The second-order valence-electron chi connectivity index (χ2n) is 7.79. The largest absolute Gasteiger partial charge is 0.453 e. The van der Waals surface area contributed by atoms with Crippen LogP contribution in [-0.2, 0) is 9.47 Å². The number of hydrogen-bond donors (Lipinski definition) is 0. The highest BCUT2D eigenvalue weighted by Crippen LogP contribution is 2.48. The van der Waals surface area contributed by atoms with E-state index >= 15 is 0 Å². The SMILES string of the molecule is Brc1ccc2c(c1)Oc1cc(Br)ccc1N2CCOCCN1CC2(COC2)C1. The minimum atomic E-state index is 0.476. The average molecular weight is 510 g/mol. The normalized spacial score (nSPS) is 19.4. The van der Waals surface area contributed by atoms with Gasteiger partial charge in [-0.05, 0) is 36.4 Å². The third-order valence-electron chi connectivity index (χ3n) is 5.59. The number of ether oxygens (including phenoxy) is 3. The van der Waals surface area contributed by atoms with Crippen LogP contribution < -0.4 is 9.64 Å². The number of halogens is 2. The second-order valence-corrected chi connectivity index (χ2v) is 9.62. The molecule has 0 amide bonds. The predicted molar refractivity (Wildman–Crippen MR) is 116 cm³/mol. The number of rotatable bonds is 6. The van der Waals surface area contributed by atoms with Crippen LogP contribution in [0.4, 0.5) is 11.4 Å². The standard InChI is InChI=1S/C21H22Br2N2O3/c22-15-1-3-17-19(9-15)28-20-10-16(23)2-4-18(20)25(17)6-8-26-7-5-24-11-21(12-24)13-27-14-21/h1-4,9-10H,5-8,11-14H2. The van der Waals surface area contributed by atoms with E-state index in [1.165, 1.54) is 0 Å². The summed E-state index contributed by atoms with van der Waals surface area (Å²) in [6.07, 6.45) is 0. The Hall–Kier alpha value is -1.12. The van der Waals surface area contributed by atoms with Gasteiger partial charge < -0.3 is 19.1 Å². The summed E-state index contributed by atoms with van der Waals surface area (Å²) in [4.78, 5) is 4.73. The first kappa shape index (κ1) is 18.9. The lowest BCUT2D eigenvalue weighted by molar-refractivity contribution is -0.190. The fourth-order valence-electron chi connectivity index (χ4n) is 4.16. The molecule has 7 heteroatoms. The molecular formula is C21H22Br2N2O3. The van der Waals surface area contributed by atoms with Gasteiger partial charge in [0.25, 0.3) is 0 Å². The Balaban J connectivity index is 1.20. The first-order chi connectivity index (χ1) is 13.6. The van der Waals surface area contributed by atoms with Crippen molar-refractivity contribution in [2.75, 3.05) is 57.5 Å². The van der Waals surface area contributed by atoms with Gasteiger partial charge in [0.05, 0.1) is 37.8 Å². The van der Waals surface area contributed by atoms with Crippen LogP contribution in [0.2, 0.25) is 0 Å². The first-order valence-electron chi connectivity index (χ1n) is 9.54. The summed E-state index contributed by atoms with van der Waals surface area (Å²) in [6.45, 7) is 7.41. The van der Waals surface area contributed by atoms with Crippen LogP contribution in [0.25, 0.3) is 0 Å². The molecule has 2 saturated heterocycles. The van der Waals surface area contributed by atoms with E-state index in [4.69, 9.17) is 14.2 Å². The zero-order chi connectivity index (χ0) is 19.1. The fraction of sp³-hybridized carbons (Fsp3) is 0.429. The molecule has 0 atom stereocenters. The van der Waals surface area contributed by atoms with Crippen LogP contribution in [0.1, 0.15) is 0 Å². The Kier molecular flexibility index (Phi) is 5.13. The third-order valence-corrected chi connectivity index (χ3v) is 6.58. The molecule has 1 spiro atoms. The van der Waals surface area contributed by atoms with Crippen LogP contribution in [0.15, 0.2) is 45.3 Å². The zero-order valence-corrected chi connectivity index (χ0v) is 18.7. The molecule has 0 bridgehead atoms. The molecule has 5 nitrogen and oxygen atoms in total. The molecule has 0 aliphatic carbocycles. The molecule has 0 radical (unpaired) electrons. The van der Waals surface area contributed by atoms with Crippen molar-refractivity contribution in [1.29, 1.82) is 0 Å². The van der Waals surface area contributed by atoms with Gasteiger partial charge in [0.15, 0.2) is 11.5 Å². The molecule has 3 heterocycles. The van der Waals surface area contributed by atoms with Crippen molar-refractivity contribution in [3.05, 3.63) is 45.3 Å². The van der Waals surface area contributed by atoms with E-state index in [0.717, 1.165) is 77.8 Å². The fourth-order valence-corrected chi connectivity index (χ4v) is 4.84. The van der Waals surface area contributed by atoms with Crippen LogP contribution in [0.3, 0.4) is 0 Å². The summed E-state index contributed by atoms with van der Waals surface area (Å²) in [6, 6.07) is 12.3. The minimum absolute atomic E-state index is 0.476. The monoisotopic (exact) mass is 508 g/mol. The van der Waals surface area contributed by atoms with Gasteiger partial charge in [0.1, 0.15) is 0 Å². The molecule has 148 valence electrons. The number of likely N-dealkylation sites (tertiary alicyclic amines) is 1. The van der Waals surface area contributed by atoms with E-state index in [2.05, 4.69) is 53.8 Å². The number of fused-ring (bicyclic) bond motifs is 2. The molecule has 0 aromatic heterocycles. The molecule has 0 unspecified atom stereocenters. The minimum Gasteiger partial charge on any atom is -0.453 e. The predicted octanol–water partition coefficient (Wildman–Crippen LogP) is 4.80. The Bertz CT molecular complexity index is 828. The van der Waals surface area contributed by atoms with Crippen molar-refractivity contribution in [2.45, 2.75) is 0 Å². The van der Waals surface area contributed by atoms with Gasteiger partial charge in [-0.15, -0.1) is 0 Å². The van der Waals surface area contributed by atoms with Crippen LogP contribution in [-0.4, -0.2) is 57.5 Å².